The molecule has 1 fully saturated rings. The second kappa shape index (κ2) is 5.15. The molecule has 8 nitrogen and oxygen atoms in total. The van der Waals surface area contributed by atoms with E-state index in [4.69, 9.17) is 9.84 Å². The van der Waals surface area contributed by atoms with Crippen LogP contribution in [0.15, 0.2) is 41.8 Å². The molecule has 2 amide bonds. The van der Waals surface area contributed by atoms with Crippen molar-refractivity contribution in [2.45, 2.75) is 12.3 Å². The summed E-state index contributed by atoms with van der Waals surface area (Å²) in [5.41, 5.74) is -0.132. The molecule has 2 aliphatic heterocycles. The van der Waals surface area contributed by atoms with Gasteiger partial charge in [0.05, 0.1) is 0 Å². The molecule has 2 atom stereocenters. The Bertz CT molecular complexity index is 684. The first-order chi connectivity index (χ1) is 10.5. The van der Waals surface area contributed by atoms with E-state index in [-0.39, 0.29) is 6.61 Å². The number of β-lactam (4-membered cyclic amide) rings is 1. The number of nitrogens with zero attached hydrogens (tertiary/aromatic N) is 1. The average Bonchev–Trinajstić information content (AvgIpc) is 2.52. The summed E-state index contributed by atoms with van der Waals surface area (Å²) in [6, 6.07) is 7.33. The predicted octanol–water partition coefficient (Wildman–Crippen LogP) is -0.162. The number of rotatable bonds is 3. The van der Waals surface area contributed by atoms with E-state index < -0.39 is 41.5 Å². The van der Waals surface area contributed by atoms with Gasteiger partial charge in [-0.3, -0.25) is 14.5 Å². The highest BCUT2D eigenvalue weighted by molar-refractivity contribution is 6.03. The van der Waals surface area contributed by atoms with Crippen molar-refractivity contribution in [1.29, 1.82) is 0 Å². The van der Waals surface area contributed by atoms with Gasteiger partial charge in [0.2, 0.25) is 0 Å². The van der Waals surface area contributed by atoms with Crippen LogP contribution in [-0.4, -0.2) is 51.8 Å². The Labute approximate surface area is 124 Å². The lowest BCUT2D eigenvalue weighted by atomic mass is 10.0. The minimum atomic E-state index is -1.42. The van der Waals surface area contributed by atoms with Crippen LogP contribution in [0.25, 0.3) is 0 Å². The number of carbonyl (C=O) groups excluding carboxylic acids is 2. The first-order valence-electron chi connectivity index (χ1n) is 6.46. The summed E-state index contributed by atoms with van der Waals surface area (Å²) in [4.78, 5) is 36.0. The zero-order chi connectivity index (χ0) is 15.9. The maximum Gasteiger partial charge on any atom is 0.356 e. The molecular formula is C14H12N2O6. The molecule has 2 unspecified atom stereocenters. The molecule has 0 aliphatic carbocycles. The third kappa shape index (κ3) is 2.09. The number of hydrogen-bond acceptors (Lipinski definition) is 5. The van der Waals surface area contributed by atoms with Crippen molar-refractivity contribution in [3.05, 3.63) is 47.4 Å². The number of carboxylic acid groups (broad SMARTS) is 1. The Hall–Kier alpha value is -2.87. The molecule has 0 radical (unpaired) electrons. The number of aliphatic carboxylic acids is 1. The Kier molecular flexibility index (Phi) is 3.30. The van der Waals surface area contributed by atoms with E-state index in [9.17, 15) is 19.5 Å². The normalized spacial score (nSPS) is 23.6. The van der Waals surface area contributed by atoms with Gasteiger partial charge < -0.3 is 20.3 Å². The Balaban J connectivity index is 1.76. The van der Waals surface area contributed by atoms with E-state index >= 15 is 0 Å². The molecule has 3 N–H and O–H groups in total. The number of nitrogens with one attached hydrogen (secondary N) is 1. The highest BCUT2D eigenvalue weighted by Crippen LogP contribution is 2.32. The van der Waals surface area contributed by atoms with Crippen molar-refractivity contribution in [1.82, 2.24) is 10.2 Å². The monoisotopic (exact) mass is 304 g/mol. The van der Waals surface area contributed by atoms with Gasteiger partial charge in [-0.1, -0.05) is 18.2 Å². The second-order valence-corrected chi connectivity index (χ2v) is 4.83. The molecular weight excluding hydrogens is 292 g/mol. The summed E-state index contributed by atoms with van der Waals surface area (Å²) < 4.78 is 5.21. The van der Waals surface area contributed by atoms with Gasteiger partial charge >= 0.3 is 5.97 Å². The van der Waals surface area contributed by atoms with Crippen LogP contribution in [0.5, 0.6) is 0 Å². The Morgan fingerprint density at radius 3 is 2.59 bits per heavy atom. The van der Waals surface area contributed by atoms with Crippen LogP contribution in [0.4, 0.5) is 0 Å². The third-order valence-corrected chi connectivity index (χ3v) is 3.47. The van der Waals surface area contributed by atoms with Gasteiger partial charge in [-0.2, -0.15) is 0 Å². The Morgan fingerprint density at radius 1 is 1.27 bits per heavy atom. The molecule has 114 valence electrons. The molecule has 2 heterocycles. The van der Waals surface area contributed by atoms with Crippen molar-refractivity contribution in [2.24, 2.45) is 0 Å². The van der Waals surface area contributed by atoms with Crippen LogP contribution in [0.2, 0.25) is 0 Å². The molecule has 8 heteroatoms. The zero-order valence-electron chi connectivity index (χ0n) is 11.2. The van der Waals surface area contributed by atoms with E-state index in [1.54, 1.807) is 30.3 Å². The lowest BCUT2D eigenvalue weighted by molar-refractivity contribution is -0.185. The summed E-state index contributed by atoms with van der Waals surface area (Å²) in [5, 5.41) is 21.1. The molecule has 1 saturated heterocycles. The summed E-state index contributed by atoms with van der Waals surface area (Å²) in [6.07, 6.45) is -0.929. The molecule has 0 aromatic heterocycles. The second-order valence-electron chi connectivity index (χ2n) is 4.83. The molecule has 0 spiro atoms. The predicted molar refractivity (Wildman–Crippen MR) is 71.6 cm³/mol. The minimum absolute atomic E-state index is 0.326. The summed E-state index contributed by atoms with van der Waals surface area (Å²) in [5.74, 6) is -3.05. The van der Waals surface area contributed by atoms with Crippen LogP contribution in [0, 0.1) is 0 Å². The number of carbonyl (C=O) groups is 3. The summed E-state index contributed by atoms with van der Waals surface area (Å²) >= 11 is 0. The van der Waals surface area contributed by atoms with E-state index in [1.807, 2.05) is 0 Å². The number of benzene rings is 1. The lowest BCUT2D eigenvalue weighted by Crippen LogP contribution is -2.72. The standard InChI is InChI=1S/C14H12N2O6/c17-8-6-22-13-9(12(19)16(13)10(8)14(20)21)15-11(18)7-4-2-1-3-5-7/h1-5,9,13,17H,6H2,(H,15,18)(H,20,21). The minimum Gasteiger partial charge on any atom is -0.507 e. The molecule has 1 aromatic rings. The van der Waals surface area contributed by atoms with Crippen molar-refractivity contribution in [3.8, 4) is 0 Å². The van der Waals surface area contributed by atoms with Crippen LogP contribution in [-0.2, 0) is 14.3 Å². The van der Waals surface area contributed by atoms with Crippen molar-refractivity contribution < 1.29 is 29.3 Å². The maximum absolute atomic E-state index is 12.0. The molecule has 2 aliphatic rings. The molecule has 0 bridgehead atoms. The van der Waals surface area contributed by atoms with Crippen molar-refractivity contribution in [2.75, 3.05) is 6.61 Å². The average molecular weight is 304 g/mol. The van der Waals surface area contributed by atoms with E-state index in [1.165, 1.54) is 0 Å². The van der Waals surface area contributed by atoms with Gasteiger partial charge in [0.1, 0.15) is 12.4 Å². The van der Waals surface area contributed by atoms with Gasteiger partial charge in [-0.25, -0.2) is 4.79 Å². The van der Waals surface area contributed by atoms with Crippen LogP contribution in [0.1, 0.15) is 10.4 Å². The van der Waals surface area contributed by atoms with Gasteiger partial charge in [0, 0.05) is 5.56 Å². The first-order valence-corrected chi connectivity index (χ1v) is 6.46. The van der Waals surface area contributed by atoms with Gasteiger partial charge in [0.25, 0.3) is 11.8 Å². The largest absolute Gasteiger partial charge is 0.507 e. The number of ether oxygens (including phenoxy) is 1. The fourth-order valence-electron chi connectivity index (χ4n) is 2.42. The molecule has 22 heavy (non-hydrogen) atoms. The number of hydrogen-bond donors (Lipinski definition) is 3. The number of carboxylic acids is 1. The van der Waals surface area contributed by atoms with Gasteiger partial charge in [0.15, 0.2) is 18.0 Å². The number of amides is 2. The topological polar surface area (TPSA) is 116 Å². The Morgan fingerprint density at radius 2 is 1.95 bits per heavy atom. The summed E-state index contributed by atoms with van der Waals surface area (Å²) in [7, 11) is 0. The summed E-state index contributed by atoms with van der Waals surface area (Å²) in [6.45, 7) is -0.326. The lowest BCUT2D eigenvalue weighted by Gasteiger charge is -2.48. The zero-order valence-corrected chi connectivity index (χ0v) is 11.2. The van der Waals surface area contributed by atoms with E-state index in [0.717, 1.165) is 4.90 Å². The smallest absolute Gasteiger partial charge is 0.356 e. The number of fused-ring (bicyclic) bond motifs is 1. The highest BCUT2D eigenvalue weighted by Gasteiger charge is 2.55. The van der Waals surface area contributed by atoms with Crippen molar-refractivity contribution >= 4 is 17.8 Å². The highest BCUT2D eigenvalue weighted by atomic mass is 16.5. The van der Waals surface area contributed by atoms with Crippen LogP contribution in [0.3, 0.4) is 0 Å². The quantitative estimate of drug-likeness (QED) is 0.668. The maximum atomic E-state index is 12.0. The fraction of sp³-hybridized carbons (Fsp3) is 0.214. The van der Waals surface area contributed by atoms with Crippen LogP contribution < -0.4 is 5.32 Å². The van der Waals surface area contributed by atoms with E-state index in [2.05, 4.69) is 5.32 Å². The molecule has 3 rings (SSSR count). The fourth-order valence-corrected chi connectivity index (χ4v) is 2.42. The SMILES string of the molecule is O=C(O)C1=C(O)COC2C(NC(=O)c3ccccc3)C(=O)N12. The molecule has 1 aromatic carbocycles. The molecule has 0 saturated carbocycles. The number of aliphatic hydroxyl groups excluding tert-OH is 1. The van der Waals surface area contributed by atoms with Gasteiger partial charge in [-0.05, 0) is 12.1 Å². The van der Waals surface area contributed by atoms with E-state index in [0.29, 0.717) is 5.56 Å². The van der Waals surface area contributed by atoms with Crippen molar-refractivity contribution in [3.63, 3.8) is 0 Å². The van der Waals surface area contributed by atoms with Crippen LogP contribution >= 0.6 is 0 Å². The number of aliphatic hydroxyl groups is 1. The third-order valence-electron chi connectivity index (χ3n) is 3.47. The van der Waals surface area contributed by atoms with Gasteiger partial charge in [-0.15, -0.1) is 0 Å². The first kappa shape index (κ1) is 14.1.